The summed E-state index contributed by atoms with van der Waals surface area (Å²) in [5.41, 5.74) is 9.55. The second kappa shape index (κ2) is 3.96. The Morgan fingerprint density at radius 1 is 1.47 bits per heavy atom. The van der Waals surface area contributed by atoms with Gasteiger partial charge in [-0.2, -0.15) is 0 Å². The molecule has 0 spiro atoms. The maximum Gasteiger partial charge on any atom is 0.142 e. The molecule has 1 aliphatic rings. The molecule has 4 heteroatoms. The van der Waals surface area contributed by atoms with Gasteiger partial charge >= 0.3 is 0 Å². The summed E-state index contributed by atoms with van der Waals surface area (Å²) in [6, 6.07) is 4.23. The minimum absolute atomic E-state index is 0.242. The van der Waals surface area contributed by atoms with E-state index in [2.05, 4.69) is 21.5 Å². The fraction of sp³-hybridized carbons (Fsp3) is 0.385. The van der Waals surface area contributed by atoms with Gasteiger partial charge in [-0.1, -0.05) is 0 Å². The van der Waals surface area contributed by atoms with Crippen LogP contribution in [0.2, 0.25) is 0 Å². The summed E-state index contributed by atoms with van der Waals surface area (Å²) >= 11 is 0. The van der Waals surface area contributed by atoms with Crippen LogP contribution in [0.5, 0.6) is 0 Å². The van der Waals surface area contributed by atoms with Crippen LogP contribution >= 0.6 is 0 Å². The molecule has 0 fully saturated rings. The zero-order chi connectivity index (χ0) is 11.8. The third-order valence-electron chi connectivity index (χ3n) is 3.36. The highest BCUT2D eigenvalue weighted by Crippen LogP contribution is 2.26. The first-order valence-electron chi connectivity index (χ1n) is 5.97. The highest BCUT2D eigenvalue weighted by atomic mass is 15.1. The molecule has 88 valence electrons. The molecule has 4 nitrogen and oxygen atoms in total. The summed E-state index contributed by atoms with van der Waals surface area (Å²) in [6.45, 7) is 2.93. The number of aromatic nitrogens is 3. The fourth-order valence-corrected chi connectivity index (χ4v) is 2.48. The Kier molecular flexibility index (Phi) is 2.44. The lowest BCUT2D eigenvalue weighted by atomic mass is 10.0. The van der Waals surface area contributed by atoms with Gasteiger partial charge in [-0.15, -0.1) is 0 Å². The molecule has 1 atom stereocenters. The third-order valence-corrected chi connectivity index (χ3v) is 3.36. The Bertz CT molecular complexity index is 530. The van der Waals surface area contributed by atoms with Crippen molar-refractivity contribution < 1.29 is 0 Å². The monoisotopic (exact) mass is 228 g/mol. The van der Waals surface area contributed by atoms with Crippen molar-refractivity contribution in [2.45, 2.75) is 32.4 Å². The first-order valence-corrected chi connectivity index (χ1v) is 5.97. The lowest BCUT2D eigenvalue weighted by Crippen LogP contribution is -2.32. The second-order valence-electron chi connectivity index (χ2n) is 4.62. The zero-order valence-electron chi connectivity index (χ0n) is 9.93. The molecule has 1 aliphatic heterocycles. The van der Waals surface area contributed by atoms with E-state index in [-0.39, 0.29) is 6.04 Å². The van der Waals surface area contributed by atoms with Gasteiger partial charge in [-0.3, -0.25) is 4.98 Å². The van der Waals surface area contributed by atoms with Crippen molar-refractivity contribution in [3.8, 4) is 11.4 Å². The predicted molar refractivity (Wildman–Crippen MR) is 66.5 cm³/mol. The van der Waals surface area contributed by atoms with E-state index in [4.69, 9.17) is 5.73 Å². The second-order valence-corrected chi connectivity index (χ2v) is 4.62. The van der Waals surface area contributed by atoms with Crippen LogP contribution in [0, 0.1) is 6.92 Å². The number of hydrogen-bond donors (Lipinski definition) is 1. The van der Waals surface area contributed by atoms with Crippen LogP contribution in [-0.4, -0.2) is 20.6 Å². The number of aryl methyl sites for hydroxylation is 1. The molecule has 0 saturated heterocycles. The van der Waals surface area contributed by atoms with Gasteiger partial charge in [-0.05, 0) is 31.9 Å². The first kappa shape index (κ1) is 10.5. The van der Waals surface area contributed by atoms with E-state index in [1.807, 2.05) is 18.3 Å². The van der Waals surface area contributed by atoms with Crippen molar-refractivity contribution in [1.29, 1.82) is 0 Å². The van der Waals surface area contributed by atoms with Gasteiger partial charge < -0.3 is 10.3 Å². The summed E-state index contributed by atoms with van der Waals surface area (Å²) in [6.07, 6.45) is 5.72. The highest BCUT2D eigenvalue weighted by molar-refractivity contribution is 5.55. The molecule has 2 aromatic heterocycles. The Balaban J connectivity index is 2.13. The molecule has 0 aromatic carbocycles. The minimum Gasteiger partial charge on any atom is -0.326 e. The molecule has 0 bridgehead atoms. The molecule has 0 saturated carbocycles. The van der Waals surface area contributed by atoms with Gasteiger partial charge in [0.15, 0.2) is 0 Å². The summed E-state index contributed by atoms with van der Waals surface area (Å²) in [4.78, 5) is 8.82. The van der Waals surface area contributed by atoms with Crippen molar-refractivity contribution in [2.24, 2.45) is 5.73 Å². The molecule has 3 rings (SSSR count). The molecule has 3 heterocycles. The van der Waals surface area contributed by atoms with E-state index in [0.717, 1.165) is 36.5 Å². The van der Waals surface area contributed by atoms with Gasteiger partial charge in [0.1, 0.15) is 5.82 Å². The average molecular weight is 228 g/mol. The largest absolute Gasteiger partial charge is 0.326 e. The number of nitrogens with two attached hydrogens (primary N) is 1. The van der Waals surface area contributed by atoms with Crippen molar-refractivity contribution in [3.63, 3.8) is 0 Å². The summed E-state index contributed by atoms with van der Waals surface area (Å²) in [5, 5.41) is 0. The summed E-state index contributed by atoms with van der Waals surface area (Å²) < 4.78 is 2.25. The van der Waals surface area contributed by atoms with E-state index in [0.29, 0.717) is 0 Å². The van der Waals surface area contributed by atoms with Crippen molar-refractivity contribution in [3.05, 3.63) is 35.9 Å². The van der Waals surface area contributed by atoms with Gasteiger partial charge in [0.05, 0.1) is 5.69 Å². The van der Waals surface area contributed by atoms with Crippen LogP contribution in [-0.2, 0) is 13.0 Å². The van der Waals surface area contributed by atoms with E-state index in [1.165, 1.54) is 5.69 Å². The lowest BCUT2D eigenvalue weighted by molar-refractivity contribution is 0.462. The summed E-state index contributed by atoms with van der Waals surface area (Å²) in [7, 11) is 0. The first-order chi connectivity index (χ1) is 8.25. The highest BCUT2D eigenvalue weighted by Gasteiger charge is 2.22. The van der Waals surface area contributed by atoms with E-state index >= 15 is 0 Å². The average Bonchev–Trinajstić information content (AvgIpc) is 2.67. The topological polar surface area (TPSA) is 56.7 Å². The van der Waals surface area contributed by atoms with Crippen LogP contribution in [0.1, 0.15) is 17.8 Å². The smallest absolute Gasteiger partial charge is 0.142 e. The normalized spacial score (nSPS) is 19.1. The molecule has 0 radical (unpaired) electrons. The summed E-state index contributed by atoms with van der Waals surface area (Å²) in [5.74, 6) is 1.00. The minimum atomic E-state index is 0.242. The van der Waals surface area contributed by atoms with Crippen molar-refractivity contribution >= 4 is 0 Å². The molecule has 2 aromatic rings. The Morgan fingerprint density at radius 2 is 2.35 bits per heavy atom. The maximum atomic E-state index is 6.04. The number of nitrogens with zero attached hydrogens (tertiary/aromatic N) is 3. The van der Waals surface area contributed by atoms with Gasteiger partial charge in [-0.25, -0.2) is 4.98 Å². The number of rotatable bonds is 1. The third kappa shape index (κ3) is 1.74. The number of hydrogen-bond acceptors (Lipinski definition) is 3. The molecular formula is C13H16N4. The number of fused-ring (bicyclic) bond motifs is 1. The zero-order valence-corrected chi connectivity index (χ0v) is 9.93. The quantitative estimate of drug-likeness (QED) is 0.805. The van der Waals surface area contributed by atoms with Crippen LogP contribution in [0.25, 0.3) is 11.4 Å². The molecular weight excluding hydrogens is 212 g/mol. The Morgan fingerprint density at radius 3 is 3.12 bits per heavy atom. The van der Waals surface area contributed by atoms with Crippen LogP contribution in [0.15, 0.2) is 24.5 Å². The van der Waals surface area contributed by atoms with Crippen LogP contribution < -0.4 is 5.73 Å². The predicted octanol–water partition coefficient (Wildman–Crippen LogP) is 1.53. The van der Waals surface area contributed by atoms with E-state index < -0.39 is 0 Å². The van der Waals surface area contributed by atoms with Crippen LogP contribution in [0.4, 0.5) is 0 Å². The lowest BCUT2D eigenvalue weighted by Gasteiger charge is -2.22. The number of imidazole rings is 1. The Labute approximate surface area is 101 Å². The standard InChI is InChI=1S/C13H16N4/c1-9-12-5-4-11(14)8-17(12)13(16-9)10-3-2-6-15-7-10/h2-3,6-7,11H,4-5,8,14H2,1H3. The maximum absolute atomic E-state index is 6.04. The fourth-order valence-electron chi connectivity index (χ4n) is 2.48. The van der Waals surface area contributed by atoms with Gasteiger partial charge in [0.25, 0.3) is 0 Å². The molecule has 17 heavy (non-hydrogen) atoms. The molecule has 0 amide bonds. The van der Waals surface area contributed by atoms with Gasteiger partial charge in [0, 0.05) is 36.2 Å². The Hall–Kier alpha value is -1.68. The van der Waals surface area contributed by atoms with Crippen LogP contribution in [0.3, 0.4) is 0 Å². The van der Waals surface area contributed by atoms with E-state index in [9.17, 15) is 0 Å². The SMILES string of the molecule is Cc1nc(-c2cccnc2)n2c1CCC(N)C2. The van der Waals surface area contributed by atoms with E-state index in [1.54, 1.807) is 6.20 Å². The van der Waals surface area contributed by atoms with Gasteiger partial charge in [0.2, 0.25) is 0 Å². The molecule has 1 unspecified atom stereocenters. The van der Waals surface area contributed by atoms with Crippen molar-refractivity contribution in [2.75, 3.05) is 0 Å². The van der Waals surface area contributed by atoms with Crippen molar-refractivity contribution in [1.82, 2.24) is 14.5 Å². The molecule has 0 aliphatic carbocycles. The molecule has 2 N–H and O–H groups in total. The number of pyridine rings is 1.